The Morgan fingerprint density at radius 2 is 1.13 bits per heavy atom. The fourth-order valence-electron chi connectivity index (χ4n) is 13.4. The number of thiophene rings is 1. The molecule has 0 radical (unpaired) electrons. The van der Waals surface area contributed by atoms with Crippen LogP contribution in [0.4, 0.5) is 28.4 Å². The maximum absolute atomic E-state index is 2.94. The Morgan fingerprint density at radius 1 is 0.565 bits per heavy atom. The summed E-state index contributed by atoms with van der Waals surface area (Å²) in [6.07, 6.45) is 4.86. The number of hydrogen-bond acceptors (Lipinski definition) is 3. The van der Waals surface area contributed by atoms with Gasteiger partial charge in [-0.05, 0) is 147 Å². The van der Waals surface area contributed by atoms with E-state index in [1.54, 1.807) is 5.56 Å². The van der Waals surface area contributed by atoms with Crippen LogP contribution in [0.3, 0.4) is 0 Å². The van der Waals surface area contributed by atoms with E-state index in [2.05, 4.69) is 222 Å². The summed E-state index contributed by atoms with van der Waals surface area (Å²) in [5.74, 6) is 0. The Morgan fingerprint density at radius 3 is 1.74 bits per heavy atom. The number of benzene rings is 6. The molecule has 0 N–H and O–H groups in total. The number of hydrogen-bond donors (Lipinski definition) is 0. The minimum absolute atomic E-state index is 0.00632. The lowest BCUT2D eigenvalue weighted by atomic mass is 9.33. The van der Waals surface area contributed by atoms with E-state index in [0.29, 0.717) is 0 Å². The maximum atomic E-state index is 2.94. The molecule has 1 saturated carbocycles. The van der Waals surface area contributed by atoms with Crippen molar-refractivity contribution in [2.75, 3.05) is 9.80 Å². The van der Waals surface area contributed by atoms with E-state index in [-0.39, 0.29) is 39.3 Å². The second-order valence-electron chi connectivity index (χ2n) is 26.4. The molecular formula is C64H72BN3S. The average molecular weight is 926 g/mol. The summed E-state index contributed by atoms with van der Waals surface area (Å²) in [7, 11) is 0. The number of aryl methyl sites for hydroxylation is 2. The fourth-order valence-corrected chi connectivity index (χ4v) is 14.7. The molecule has 2 aromatic heterocycles. The highest BCUT2D eigenvalue weighted by Gasteiger charge is 2.61. The van der Waals surface area contributed by atoms with Gasteiger partial charge in [0.25, 0.3) is 6.71 Å². The normalized spacial score (nSPS) is 19.7. The Balaban J connectivity index is 1.27. The summed E-state index contributed by atoms with van der Waals surface area (Å²) in [6, 6.07) is 39.5. The van der Waals surface area contributed by atoms with Crippen molar-refractivity contribution in [2.24, 2.45) is 0 Å². The van der Waals surface area contributed by atoms with Gasteiger partial charge in [-0.25, -0.2) is 0 Å². The molecule has 69 heavy (non-hydrogen) atoms. The first-order valence-corrected chi connectivity index (χ1v) is 26.8. The molecule has 1 aliphatic carbocycles. The zero-order valence-electron chi connectivity index (χ0n) is 44.4. The van der Waals surface area contributed by atoms with Gasteiger partial charge in [0, 0.05) is 49.3 Å². The molecule has 12 rings (SSSR count). The monoisotopic (exact) mass is 926 g/mol. The minimum Gasteiger partial charge on any atom is -0.335 e. The molecule has 0 saturated heterocycles. The van der Waals surface area contributed by atoms with Crippen molar-refractivity contribution in [1.82, 2.24) is 4.57 Å². The first kappa shape index (κ1) is 44.9. The van der Waals surface area contributed by atoms with Gasteiger partial charge in [0.2, 0.25) is 0 Å². The van der Waals surface area contributed by atoms with Gasteiger partial charge >= 0.3 is 0 Å². The molecule has 1 fully saturated rings. The lowest BCUT2D eigenvalue weighted by Gasteiger charge is -2.52. The summed E-state index contributed by atoms with van der Waals surface area (Å²) in [6.45, 7) is 38.5. The average Bonchev–Trinajstić information content (AvgIpc) is 3.87. The lowest BCUT2D eigenvalue weighted by Crippen LogP contribution is -2.64. The van der Waals surface area contributed by atoms with Gasteiger partial charge in [0.05, 0.1) is 27.0 Å². The minimum atomic E-state index is -0.112. The van der Waals surface area contributed by atoms with Gasteiger partial charge in [0.15, 0.2) is 0 Å². The molecule has 2 atom stereocenters. The molecule has 0 amide bonds. The topological polar surface area (TPSA) is 11.4 Å². The highest BCUT2D eigenvalue weighted by atomic mass is 32.1. The molecule has 0 spiro atoms. The third-order valence-corrected chi connectivity index (χ3v) is 18.9. The largest absolute Gasteiger partial charge is 0.335 e. The number of aromatic nitrogens is 1. The highest BCUT2D eigenvalue weighted by Crippen LogP contribution is 2.62. The molecule has 5 heterocycles. The molecule has 4 aliphatic rings. The van der Waals surface area contributed by atoms with Gasteiger partial charge in [-0.3, -0.25) is 0 Å². The first-order chi connectivity index (χ1) is 32.3. The van der Waals surface area contributed by atoms with Crippen LogP contribution in [-0.4, -0.2) is 16.8 Å². The van der Waals surface area contributed by atoms with Crippen molar-refractivity contribution in [2.45, 2.75) is 169 Å². The molecule has 2 unspecified atom stereocenters. The fraction of sp³-hybridized carbons (Fsp3) is 0.406. The second-order valence-corrected chi connectivity index (χ2v) is 27.4. The van der Waals surface area contributed by atoms with E-state index in [9.17, 15) is 0 Å². The zero-order chi connectivity index (χ0) is 48.9. The molecule has 5 heteroatoms. The van der Waals surface area contributed by atoms with Crippen LogP contribution >= 0.6 is 11.3 Å². The van der Waals surface area contributed by atoms with Crippen molar-refractivity contribution in [3.05, 3.63) is 136 Å². The van der Waals surface area contributed by atoms with Gasteiger partial charge in [-0.1, -0.05) is 164 Å². The molecule has 6 aromatic carbocycles. The van der Waals surface area contributed by atoms with Gasteiger partial charge in [0.1, 0.15) is 0 Å². The Kier molecular flexibility index (Phi) is 9.25. The van der Waals surface area contributed by atoms with E-state index in [1.165, 1.54) is 134 Å². The molecular weight excluding hydrogens is 854 g/mol. The third kappa shape index (κ3) is 6.17. The van der Waals surface area contributed by atoms with Crippen molar-refractivity contribution in [3.8, 4) is 5.69 Å². The predicted molar refractivity (Wildman–Crippen MR) is 303 cm³/mol. The van der Waals surface area contributed by atoms with E-state index in [1.807, 2.05) is 11.3 Å². The summed E-state index contributed by atoms with van der Waals surface area (Å²) in [4.78, 5) is 5.57. The first-order valence-electron chi connectivity index (χ1n) is 26.0. The van der Waals surface area contributed by atoms with Crippen LogP contribution in [0.2, 0.25) is 0 Å². The quantitative estimate of drug-likeness (QED) is 0.164. The SMILES string of the molecule is Cc1cc(C(C)(C)C)ccc1N(c1cc2c3c(c1)-n1c4c(cc(C(C)(C)C)cc4c4sc5ccccc5c41)B3c1cc(C(C)(C)C)cc3c1N2C1(C)CCCCC31C)c1ccc(C(C)(C)C)cc1C. The molecule has 0 bridgehead atoms. The standard InChI is InChI=1S/C64H72BN3S/c1-37-29-39(59(3,4)5)23-25-49(37)66(50-26-24-40(30-38(50)2)60(6,7)8)43-35-51-54-52(36-43)68-57-46(63(15)27-19-20-28-64(63,68)16)32-42(62(12,13)14)34-48(57)65(54)47-33-41(61(9,10)11)31-45-55(47)67(51)56-44-21-17-18-22-53(44)69-58(45)56/h17-18,21-26,29-36H,19-20,27-28H2,1-16H3. The summed E-state index contributed by atoms with van der Waals surface area (Å²) in [5, 5.41) is 2.74. The molecule has 3 aliphatic heterocycles. The third-order valence-electron chi connectivity index (χ3n) is 17.7. The van der Waals surface area contributed by atoms with Crippen molar-refractivity contribution in [3.63, 3.8) is 0 Å². The molecule has 352 valence electrons. The smallest absolute Gasteiger partial charge is 0.252 e. The number of nitrogens with zero attached hydrogens (tertiary/aromatic N) is 3. The van der Waals surface area contributed by atoms with E-state index in [0.717, 1.165) is 6.42 Å². The van der Waals surface area contributed by atoms with E-state index in [4.69, 9.17) is 0 Å². The predicted octanol–water partition coefficient (Wildman–Crippen LogP) is 16.2. The number of rotatable bonds is 3. The summed E-state index contributed by atoms with van der Waals surface area (Å²) in [5.41, 5.74) is 24.7. The van der Waals surface area contributed by atoms with Crippen LogP contribution in [0, 0.1) is 13.8 Å². The van der Waals surface area contributed by atoms with Gasteiger partial charge in [-0.15, -0.1) is 11.3 Å². The van der Waals surface area contributed by atoms with Crippen molar-refractivity contribution < 1.29 is 0 Å². The maximum Gasteiger partial charge on any atom is 0.252 e. The number of fused-ring (bicyclic) bond motifs is 12. The van der Waals surface area contributed by atoms with Gasteiger partial charge < -0.3 is 14.4 Å². The Bertz CT molecular complexity index is 3450. The Hall–Kier alpha value is -5.26. The van der Waals surface area contributed by atoms with Crippen LogP contribution in [0.15, 0.2) is 97.1 Å². The summed E-state index contributed by atoms with van der Waals surface area (Å²) >= 11 is 1.98. The van der Waals surface area contributed by atoms with Crippen LogP contribution in [0.5, 0.6) is 0 Å². The van der Waals surface area contributed by atoms with Crippen LogP contribution in [0.25, 0.3) is 36.9 Å². The zero-order valence-corrected chi connectivity index (χ0v) is 45.2. The van der Waals surface area contributed by atoms with Gasteiger partial charge in [-0.2, -0.15) is 0 Å². The Labute approximate surface area is 417 Å². The highest BCUT2D eigenvalue weighted by molar-refractivity contribution is 7.26. The summed E-state index contributed by atoms with van der Waals surface area (Å²) < 4.78 is 5.50. The van der Waals surface area contributed by atoms with Crippen LogP contribution < -0.4 is 26.2 Å². The number of anilines is 5. The van der Waals surface area contributed by atoms with E-state index < -0.39 is 0 Å². The van der Waals surface area contributed by atoms with Crippen LogP contribution in [0.1, 0.15) is 162 Å². The molecule has 3 nitrogen and oxygen atoms in total. The van der Waals surface area contributed by atoms with E-state index >= 15 is 0 Å². The van der Waals surface area contributed by atoms with Crippen molar-refractivity contribution >= 4 is 94.1 Å². The second kappa shape index (κ2) is 14.2. The van der Waals surface area contributed by atoms with Crippen LogP contribution in [-0.2, 0) is 27.1 Å². The molecule has 8 aromatic rings. The lowest BCUT2D eigenvalue weighted by molar-refractivity contribution is 0.195. The van der Waals surface area contributed by atoms with Crippen molar-refractivity contribution in [1.29, 1.82) is 0 Å².